The van der Waals surface area contributed by atoms with Crippen molar-refractivity contribution in [2.45, 2.75) is 60.3 Å². The average molecular weight is 277 g/mol. The molecule has 0 aromatic heterocycles. The van der Waals surface area contributed by atoms with E-state index in [2.05, 4.69) is 38.7 Å². The Morgan fingerprint density at radius 3 is 2.70 bits per heavy atom. The van der Waals surface area contributed by atoms with Crippen molar-refractivity contribution in [1.29, 1.82) is 0 Å². The van der Waals surface area contributed by atoms with E-state index in [0.29, 0.717) is 11.3 Å². The van der Waals surface area contributed by atoms with Crippen LogP contribution in [0.3, 0.4) is 0 Å². The summed E-state index contributed by atoms with van der Waals surface area (Å²) in [5, 5.41) is 0. The minimum Gasteiger partial charge on any atom is -0.342 e. The average Bonchev–Trinajstić information content (AvgIpc) is 3.00. The smallest absolute Gasteiger partial charge is 0.219 e. The quantitative estimate of drug-likeness (QED) is 0.687. The van der Waals surface area contributed by atoms with Crippen molar-refractivity contribution in [3.05, 3.63) is 11.6 Å². The van der Waals surface area contributed by atoms with Gasteiger partial charge in [0.05, 0.1) is 0 Å². The van der Waals surface area contributed by atoms with E-state index in [0.717, 1.165) is 24.9 Å². The number of nitrogens with zero attached hydrogens (tertiary/aromatic N) is 1. The van der Waals surface area contributed by atoms with Crippen molar-refractivity contribution in [1.82, 2.24) is 4.90 Å². The summed E-state index contributed by atoms with van der Waals surface area (Å²) in [6.45, 7) is 12.7. The lowest BCUT2D eigenvalue weighted by atomic mass is 9.78. The van der Waals surface area contributed by atoms with Gasteiger partial charge in [-0.05, 0) is 55.8 Å². The van der Waals surface area contributed by atoms with Gasteiger partial charge in [0.2, 0.25) is 5.91 Å². The third kappa shape index (κ3) is 3.45. The summed E-state index contributed by atoms with van der Waals surface area (Å²) < 4.78 is 0. The van der Waals surface area contributed by atoms with Crippen molar-refractivity contribution < 1.29 is 4.79 Å². The second-order valence-electron chi connectivity index (χ2n) is 7.75. The first kappa shape index (κ1) is 15.6. The molecule has 2 nitrogen and oxygen atoms in total. The van der Waals surface area contributed by atoms with Crippen LogP contribution in [0.4, 0.5) is 0 Å². The Balaban J connectivity index is 1.91. The second-order valence-corrected chi connectivity index (χ2v) is 7.75. The van der Waals surface area contributed by atoms with E-state index in [9.17, 15) is 4.79 Å². The summed E-state index contributed by atoms with van der Waals surface area (Å²) in [6, 6.07) is 0. The third-order valence-electron chi connectivity index (χ3n) is 5.50. The highest BCUT2D eigenvalue weighted by atomic mass is 16.2. The molecule has 0 aromatic rings. The molecule has 114 valence electrons. The Hall–Kier alpha value is -0.790. The molecule has 0 bridgehead atoms. The highest BCUT2D eigenvalue weighted by Crippen LogP contribution is 2.60. The fraction of sp³-hybridized carbons (Fsp3) is 0.833. The molecule has 2 aliphatic carbocycles. The van der Waals surface area contributed by atoms with Gasteiger partial charge in [-0.25, -0.2) is 0 Å². The number of hydrogen-bond donors (Lipinski definition) is 0. The molecule has 3 unspecified atom stereocenters. The molecule has 0 aromatic carbocycles. The molecule has 2 aliphatic rings. The van der Waals surface area contributed by atoms with Crippen LogP contribution in [0.2, 0.25) is 0 Å². The van der Waals surface area contributed by atoms with Crippen LogP contribution in [-0.4, -0.2) is 23.9 Å². The zero-order valence-corrected chi connectivity index (χ0v) is 13.9. The normalized spacial score (nSPS) is 33.0. The maximum atomic E-state index is 11.8. The van der Waals surface area contributed by atoms with Crippen LogP contribution in [0.1, 0.15) is 60.3 Å². The van der Waals surface area contributed by atoms with E-state index in [1.54, 1.807) is 12.5 Å². The largest absolute Gasteiger partial charge is 0.342 e. The Kier molecular flexibility index (Phi) is 4.61. The minimum absolute atomic E-state index is 0.243. The van der Waals surface area contributed by atoms with Crippen LogP contribution < -0.4 is 0 Å². The fourth-order valence-corrected chi connectivity index (χ4v) is 3.85. The van der Waals surface area contributed by atoms with Crippen LogP contribution in [0.5, 0.6) is 0 Å². The molecule has 0 aliphatic heterocycles. The van der Waals surface area contributed by atoms with Gasteiger partial charge in [-0.3, -0.25) is 4.79 Å². The first-order valence-corrected chi connectivity index (χ1v) is 8.24. The van der Waals surface area contributed by atoms with Gasteiger partial charge in [0.25, 0.3) is 0 Å². The maximum absolute atomic E-state index is 11.8. The molecule has 3 atom stereocenters. The minimum atomic E-state index is 0.243. The summed E-state index contributed by atoms with van der Waals surface area (Å²) in [7, 11) is 0. The number of rotatable bonds is 5. The molecular formula is C18H31NO. The molecule has 2 heteroatoms. The zero-order chi connectivity index (χ0) is 14.9. The second kappa shape index (κ2) is 5.91. The molecular weight excluding hydrogens is 246 g/mol. The van der Waals surface area contributed by atoms with Crippen molar-refractivity contribution in [3.8, 4) is 0 Å². The van der Waals surface area contributed by atoms with Crippen molar-refractivity contribution in [3.63, 3.8) is 0 Å². The molecule has 20 heavy (non-hydrogen) atoms. The third-order valence-corrected chi connectivity index (χ3v) is 5.50. The predicted molar refractivity (Wildman–Crippen MR) is 84.4 cm³/mol. The molecule has 0 spiro atoms. The first-order chi connectivity index (χ1) is 9.33. The Morgan fingerprint density at radius 1 is 1.50 bits per heavy atom. The molecule has 1 saturated carbocycles. The van der Waals surface area contributed by atoms with Crippen LogP contribution in [0.25, 0.3) is 0 Å². The van der Waals surface area contributed by atoms with Crippen molar-refractivity contribution in [2.24, 2.45) is 23.2 Å². The van der Waals surface area contributed by atoms with Crippen LogP contribution in [0, 0.1) is 23.2 Å². The summed E-state index contributed by atoms with van der Waals surface area (Å²) in [5.74, 6) is 2.36. The van der Waals surface area contributed by atoms with Gasteiger partial charge in [0, 0.05) is 20.0 Å². The lowest BCUT2D eigenvalue weighted by Gasteiger charge is -2.30. The van der Waals surface area contributed by atoms with Gasteiger partial charge in [-0.2, -0.15) is 0 Å². The Morgan fingerprint density at radius 2 is 2.20 bits per heavy atom. The van der Waals surface area contributed by atoms with Gasteiger partial charge < -0.3 is 4.90 Å². The molecule has 1 fully saturated rings. The van der Waals surface area contributed by atoms with Gasteiger partial charge in [0.1, 0.15) is 0 Å². The molecule has 0 N–H and O–H groups in total. The maximum Gasteiger partial charge on any atom is 0.219 e. The summed E-state index contributed by atoms with van der Waals surface area (Å²) >= 11 is 0. The van der Waals surface area contributed by atoms with Gasteiger partial charge in [0.15, 0.2) is 0 Å². The van der Waals surface area contributed by atoms with Gasteiger partial charge >= 0.3 is 0 Å². The highest BCUT2D eigenvalue weighted by molar-refractivity contribution is 5.73. The topological polar surface area (TPSA) is 20.3 Å². The first-order valence-electron chi connectivity index (χ1n) is 8.24. The summed E-state index contributed by atoms with van der Waals surface area (Å²) in [4.78, 5) is 13.9. The van der Waals surface area contributed by atoms with E-state index in [1.165, 1.54) is 25.7 Å². The SMILES string of the molecule is CC(=O)N(CC(C)C)CC1CC1(C)C1CC=C(C)CC1. The number of allylic oxidation sites excluding steroid dienone is 2. The van der Waals surface area contributed by atoms with Crippen molar-refractivity contribution in [2.75, 3.05) is 13.1 Å². The highest BCUT2D eigenvalue weighted by Gasteiger charge is 2.54. The summed E-state index contributed by atoms with van der Waals surface area (Å²) in [5.41, 5.74) is 2.05. The number of amides is 1. The Labute approximate surface area is 124 Å². The van der Waals surface area contributed by atoms with E-state index in [1.807, 2.05) is 0 Å². The lowest BCUT2D eigenvalue weighted by Crippen LogP contribution is -2.35. The van der Waals surface area contributed by atoms with Gasteiger partial charge in [-0.15, -0.1) is 0 Å². The van der Waals surface area contributed by atoms with Gasteiger partial charge in [-0.1, -0.05) is 32.4 Å². The summed E-state index contributed by atoms with van der Waals surface area (Å²) in [6.07, 6.45) is 7.62. The van der Waals surface area contributed by atoms with E-state index >= 15 is 0 Å². The van der Waals surface area contributed by atoms with E-state index in [-0.39, 0.29) is 5.91 Å². The van der Waals surface area contributed by atoms with Crippen LogP contribution in [-0.2, 0) is 4.79 Å². The zero-order valence-electron chi connectivity index (χ0n) is 13.9. The van der Waals surface area contributed by atoms with Crippen molar-refractivity contribution >= 4 is 5.91 Å². The predicted octanol–water partition coefficient (Wildman–Crippen LogP) is 4.26. The van der Waals surface area contributed by atoms with E-state index < -0.39 is 0 Å². The number of carbonyl (C=O) groups excluding carboxylic acids is 1. The lowest BCUT2D eigenvalue weighted by molar-refractivity contribution is -0.129. The standard InChI is InChI=1S/C18H31NO/c1-13(2)11-19(15(4)20)12-17-10-18(17,5)16-8-6-14(3)7-9-16/h6,13,16-17H,7-12H2,1-5H3. The number of hydrogen-bond acceptors (Lipinski definition) is 1. The fourth-order valence-electron chi connectivity index (χ4n) is 3.85. The molecule has 1 amide bonds. The van der Waals surface area contributed by atoms with E-state index in [4.69, 9.17) is 0 Å². The Bertz CT molecular complexity index is 398. The number of carbonyl (C=O) groups is 1. The van der Waals surface area contributed by atoms with Crippen LogP contribution >= 0.6 is 0 Å². The molecule has 0 saturated heterocycles. The molecule has 0 heterocycles. The monoisotopic (exact) mass is 277 g/mol. The van der Waals surface area contributed by atoms with Crippen LogP contribution in [0.15, 0.2) is 11.6 Å². The molecule has 0 radical (unpaired) electrons. The molecule has 2 rings (SSSR count).